The van der Waals surface area contributed by atoms with Crippen molar-refractivity contribution >= 4 is 11.7 Å². The molecule has 0 fully saturated rings. The molecule has 0 unspecified atom stereocenters. The SMILES string of the molecule is CC(C)NC(=O)N(Cc1ccc(F)cc1)C[C@@H]1CC(c2ccccc2)=NO1. The minimum atomic E-state index is -0.294. The van der Waals surface area contributed by atoms with Crippen LogP contribution in [-0.2, 0) is 11.4 Å². The lowest BCUT2D eigenvalue weighted by Crippen LogP contribution is -2.45. The van der Waals surface area contributed by atoms with Gasteiger partial charge in [-0.2, -0.15) is 0 Å². The number of halogens is 1. The topological polar surface area (TPSA) is 53.9 Å². The summed E-state index contributed by atoms with van der Waals surface area (Å²) in [6.07, 6.45) is 0.428. The maximum absolute atomic E-state index is 13.2. The summed E-state index contributed by atoms with van der Waals surface area (Å²) in [5.74, 6) is -0.294. The van der Waals surface area contributed by atoms with Crippen molar-refractivity contribution in [1.29, 1.82) is 0 Å². The summed E-state index contributed by atoms with van der Waals surface area (Å²) in [5, 5.41) is 7.10. The van der Waals surface area contributed by atoms with Crippen LogP contribution in [0.15, 0.2) is 59.8 Å². The Hall–Kier alpha value is -2.89. The van der Waals surface area contributed by atoms with E-state index in [1.165, 1.54) is 12.1 Å². The van der Waals surface area contributed by atoms with Gasteiger partial charge >= 0.3 is 6.03 Å². The number of nitrogens with one attached hydrogen (secondary N) is 1. The second-order valence-electron chi connectivity index (χ2n) is 6.95. The van der Waals surface area contributed by atoms with Crippen molar-refractivity contribution in [3.63, 3.8) is 0 Å². The molecule has 1 N–H and O–H groups in total. The number of nitrogens with zero attached hydrogens (tertiary/aromatic N) is 2. The summed E-state index contributed by atoms with van der Waals surface area (Å²) in [5.41, 5.74) is 2.76. The van der Waals surface area contributed by atoms with E-state index in [0.29, 0.717) is 19.5 Å². The first-order valence-corrected chi connectivity index (χ1v) is 9.09. The average Bonchev–Trinajstić information content (AvgIpc) is 3.12. The Morgan fingerprint density at radius 3 is 2.59 bits per heavy atom. The van der Waals surface area contributed by atoms with Gasteiger partial charge in [-0.25, -0.2) is 9.18 Å². The molecule has 0 saturated heterocycles. The molecule has 0 aliphatic carbocycles. The standard InChI is InChI=1S/C21H24FN3O2/c1-15(2)23-21(26)25(13-16-8-10-18(22)11-9-16)14-19-12-20(24-27-19)17-6-4-3-5-7-17/h3-11,15,19H,12-14H2,1-2H3,(H,23,26)/t19-/m0/s1. The molecule has 142 valence electrons. The Labute approximate surface area is 158 Å². The molecule has 1 aliphatic heterocycles. The second-order valence-corrected chi connectivity index (χ2v) is 6.95. The van der Waals surface area contributed by atoms with E-state index in [4.69, 9.17) is 4.84 Å². The lowest BCUT2D eigenvalue weighted by molar-refractivity contribution is 0.0586. The van der Waals surface area contributed by atoms with E-state index < -0.39 is 0 Å². The first kappa shape index (κ1) is 18.9. The van der Waals surface area contributed by atoms with Gasteiger partial charge in [0, 0.05) is 19.0 Å². The molecule has 0 aromatic heterocycles. The molecule has 1 heterocycles. The van der Waals surface area contributed by atoms with Gasteiger partial charge in [-0.05, 0) is 37.1 Å². The molecule has 2 aromatic carbocycles. The molecule has 27 heavy (non-hydrogen) atoms. The number of hydrogen-bond donors (Lipinski definition) is 1. The van der Waals surface area contributed by atoms with Crippen LogP contribution in [0, 0.1) is 5.82 Å². The highest BCUT2D eigenvalue weighted by Gasteiger charge is 2.27. The molecule has 0 bridgehead atoms. The van der Waals surface area contributed by atoms with Crippen LogP contribution in [-0.4, -0.2) is 35.3 Å². The van der Waals surface area contributed by atoms with Gasteiger partial charge in [-0.3, -0.25) is 0 Å². The molecule has 3 rings (SSSR count). The Morgan fingerprint density at radius 1 is 1.22 bits per heavy atom. The van der Waals surface area contributed by atoms with E-state index in [2.05, 4.69) is 10.5 Å². The van der Waals surface area contributed by atoms with E-state index in [-0.39, 0.29) is 24.0 Å². The maximum Gasteiger partial charge on any atom is 0.318 e. The molecule has 0 saturated carbocycles. The number of amides is 2. The van der Waals surface area contributed by atoms with Crippen molar-refractivity contribution in [3.8, 4) is 0 Å². The van der Waals surface area contributed by atoms with Crippen molar-refractivity contribution in [3.05, 3.63) is 71.5 Å². The summed E-state index contributed by atoms with van der Waals surface area (Å²) in [6.45, 7) is 4.60. The van der Waals surface area contributed by atoms with Gasteiger partial charge in [0.25, 0.3) is 0 Å². The van der Waals surface area contributed by atoms with Crippen LogP contribution in [0.25, 0.3) is 0 Å². The summed E-state index contributed by atoms with van der Waals surface area (Å²) in [7, 11) is 0. The highest BCUT2D eigenvalue weighted by molar-refractivity contribution is 6.01. The van der Waals surface area contributed by atoms with Crippen molar-refractivity contribution in [2.45, 2.75) is 39.0 Å². The molecule has 0 radical (unpaired) electrons. The summed E-state index contributed by atoms with van der Waals surface area (Å²) < 4.78 is 13.2. The van der Waals surface area contributed by atoms with E-state index in [0.717, 1.165) is 16.8 Å². The predicted octanol–water partition coefficient (Wildman–Crippen LogP) is 3.94. The molecule has 6 heteroatoms. The molecule has 0 spiro atoms. The smallest absolute Gasteiger partial charge is 0.318 e. The first-order valence-electron chi connectivity index (χ1n) is 9.09. The largest absolute Gasteiger partial charge is 0.390 e. The number of hydrogen-bond acceptors (Lipinski definition) is 3. The molecule has 1 aliphatic rings. The lowest BCUT2D eigenvalue weighted by atomic mass is 10.0. The number of urea groups is 1. The van der Waals surface area contributed by atoms with Crippen molar-refractivity contribution in [1.82, 2.24) is 10.2 Å². The van der Waals surface area contributed by atoms with Crippen LogP contribution in [0.5, 0.6) is 0 Å². The fraction of sp³-hybridized carbons (Fsp3) is 0.333. The number of carbonyl (C=O) groups excluding carboxylic acids is 1. The minimum absolute atomic E-state index is 0.0221. The zero-order chi connectivity index (χ0) is 19.2. The summed E-state index contributed by atoms with van der Waals surface area (Å²) in [6, 6.07) is 15.9. The summed E-state index contributed by atoms with van der Waals surface area (Å²) in [4.78, 5) is 19.9. The van der Waals surface area contributed by atoms with Crippen LogP contribution >= 0.6 is 0 Å². The van der Waals surface area contributed by atoms with Crippen LogP contribution < -0.4 is 5.32 Å². The maximum atomic E-state index is 13.2. The van der Waals surface area contributed by atoms with Gasteiger partial charge < -0.3 is 15.1 Å². The molecule has 5 nitrogen and oxygen atoms in total. The quantitative estimate of drug-likeness (QED) is 0.839. The third kappa shape index (κ3) is 5.29. The van der Waals surface area contributed by atoms with Gasteiger partial charge in [-0.1, -0.05) is 47.6 Å². The van der Waals surface area contributed by atoms with Gasteiger partial charge in [0.15, 0.2) is 6.10 Å². The van der Waals surface area contributed by atoms with Crippen LogP contribution in [0.1, 0.15) is 31.4 Å². The third-order valence-corrected chi connectivity index (χ3v) is 4.25. The van der Waals surface area contributed by atoms with Crippen LogP contribution in [0.3, 0.4) is 0 Å². The highest BCUT2D eigenvalue weighted by Crippen LogP contribution is 2.19. The van der Waals surface area contributed by atoms with Crippen LogP contribution in [0.2, 0.25) is 0 Å². The highest BCUT2D eigenvalue weighted by atomic mass is 19.1. The van der Waals surface area contributed by atoms with Gasteiger partial charge in [0.1, 0.15) is 5.82 Å². The molecular formula is C21H24FN3O2. The second kappa shape index (κ2) is 8.66. The predicted molar refractivity (Wildman–Crippen MR) is 103 cm³/mol. The van der Waals surface area contributed by atoms with Gasteiger partial charge in [0.2, 0.25) is 0 Å². The lowest BCUT2D eigenvalue weighted by Gasteiger charge is -2.26. The third-order valence-electron chi connectivity index (χ3n) is 4.25. The first-order chi connectivity index (χ1) is 13.0. The van der Waals surface area contributed by atoms with Gasteiger partial charge in [-0.15, -0.1) is 0 Å². The zero-order valence-corrected chi connectivity index (χ0v) is 15.6. The van der Waals surface area contributed by atoms with E-state index in [9.17, 15) is 9.18 Å². The molecule has 2 amide bonds. The Balaban J connectivity index is 1.66. The fourth-order valence-corrected chi connectivity index (χ4v) is 2.94. The van der Waals surface area contributed by atoms with E-state index in [1.807, 2.05) is 44.2 Å². The number of rotatable bonds is 6. The number of benzene rings is 2. The molecule has 2 aromatic rings. The zero-order valence-electron chi connectivity index (χ0n) is 15.6. The number of oxime groups is 1. The fourth-order valence-electron chi connectivity index (χ4n) is 2.94. The van der Waals surface area contributed by atoms with E-state index >= 15 is 0 Å². The minimum Gasteiger partial charge on any atom is -0.390 e. The normalized spacial score (nSPS) is 16.0. The van der Waals surface area contributed by atoms with Crippen molar-refractivity contribution in [2.75, 3.05) is 6.54 Å². The summed E-state index contributed by atoms with van der Waals surface area (Å²) >= 11 is 0. The Morgan fingerprint density at radius 2 is 1.93 bits per heavy atom. The Bertz CT molecular complexity index is 791. The monoisotopic (exact) mass is 369 g/mol. The molecule has 1 atom stereocenters. The van der Waals surface area contributed by atoms with Gasteiger partial charge in [0.05, 0.1) is 12.3 Å². The van der Waals surface area contributed by atoms with E-state index in [1.54, 1.807) is 17.0 Å². The van der Waals surface area contributed by atoms with Crippen molar-refractivity contribution < 1.29 is 14.0 Å². The Kier molecular flexibility index (Phi) is 6.06. The molecular weight excluding hydrogens is 345 g/mol. The van der Waals surface area contributed by atoms with Crippen LogP contribution in [0.4, 0.5) is 9.18 Å². The average molecular weight is 369 g/mol. The number of carbonyl (C=O) groups is 1. The van der Waals surface area contributed by atoms with Crippen molar-refractivity contribution in [2.24, 2.45) is 5.16 Å².